The molecule has 1 amide bonds. The van der Waals surface area contributed by atoms with Crippen molar-refractivity contribution >= 4 is 28.7 Å². The highest BCUT2D eigenvalue weighted by atomic mass is 32.2. The largest absolute Gasteiger partial charge is 0.376 e. The summed E-state index contributed by atoms with van der Waals surface area (Å²) in [7, 11) is 0. The molecule has 3 heterocycles. The monoisotopic (exact) mass is 387 g/mol. The lowest BCUT2D eigenvalue weighted by Crippen LogP contribution is -2.32. The van der Waals surface area contributed by atoms with Crippen molar-refractivity contribution in [2.75, 3.05) is 18.9 Å². The van der Waals surface area contributed by atoms with E-state index in [1.807, 2.05) is 0 Å². The van der Waals surface area contributed by atoms with Crippen LogP contribution < -0.4 is 5.32 Å². The third-order valence-corrected chi connectivity index (χ3v) is 5.30. The zero-order valence-electron chi connectivity index (χ0n) is 14.5. The first kappa shape index (κ1) is 17.9. The molecule has 0 bridgehead atoms. The Morgan fingerprint density at radius 1 is 1.33 bits per heavy atom. The maximum atomic E-state index is 13.1. The summed E-state index contributed by atoms with van der Waals surface area (Å²) in [4.78, 5) is 20.6. The van der Waals surface area contributed by atoms with Gasteiger partial charge < -0.3 is 10.1 Å². The number of nitrogens with one attached hydrogen (secondary N) is 1. The van der Waals surface area contributed by atoms with Crippen molar-refractivity contribution in [2.45, 2.75) is 24.0 Å². The Bertz CT molecular complexity index is 941. The standard InChI is InChI=1S/C18H18FN5O2S/c19-12-3-5-13(6-4-12)24-17-15(9-23-24)18(22-11-21-17)27-10-16(25)20-8-14-2-1-7-26-14/h3-6,9,11,14H,1-2,7-8,10H2,(H,20,25)/t14-/m1/s1. The van der Waals surface area contributed by atoms with Crippen molar-refractivity contribution in [1.82, 2.24) is 25.1 Å². The molecule has 0 unspecified atom stereocenters. The smallest absolute Gasteiger partial charge is 0.230 e. The number of benzene rings is 1. The summed E-state index contributed by atoms with van der Waals surface area (Å²) in [5.74, 6) is -0.121. The SMILES string of the molecule is O=C(CSc1ncnc2c1cnn2-c1ccc(F)cc1)NC[C@H]1CCCO1. The van der Waals surface area contributed by atoms with E-state index in [0.717, 1.165) is 24.8 Å². The number of amides is 1. The molecule has 4 rings (SSSR count). The van der Waals surface area contributed by atoms with Crippen molar-refractivity contribution in [3.63, 3.8) is 0 Å². The Balaban J connectivity index is 1.44. The van der Waals surface area contributed by atoms with Crippen molar-refractivity contribution in [1.29, 1.82) is 0 Å². The van der Waals surface area contributed by atoms with Crippen LogP contribution in [0.2, 0.25) is 0 Å². The molecule has 2 aromatic heterocycles. The average Bonchev–Trinajstić information content (AvgIpc) is 3.35. The van der Waals surface area contributed by atoms with E-state index >= 15 is 0 Å². The van der Waals surface area contributed by atoms with Crippen LogP contribution in [0.25, 0.3) is 16.7 Å². The molecule has 7 nitrogen and oxygen atoms in total. The summed E-state index contributed by atoms with van der Waals surface area (Å²) >= 11 is 1.33. The molecule has 0 radical (unpaired) electrons. The number of rotatable bonds is 6. The molecule has 1 atom stereocenters. The van der Waals surface area contributed by atoms with Gasteiger partial charge in [-0.25, -0.2) is 19.0 Å². The fourth-order valence-electron chi connectivity index (χ4n) is 2.93. The van der Waals surface area contributed by atoms with E-state index in [4.69, 9.17) is 4.74 Å². The predicted octanol–water partition coefficient (Wildman–Crippen LogP) is 2.34. The first-order chi connectivity index (χ1) is 13.2. The minimum absolute atomic E-state index is 0.0619. The lowest BCUT2D eigenvalue weighted by Gasteiger charge is -2.10. The highest BCUT2D eigenvalue weighted by Gasteiger charge is 2.17. The van der Waals surface area contributed by atoms with Crippen LogP contribution in [0.1, 0.15) is 12.8 Å². The van der Waals surface area contributed by atoms with E-state index in [2.05, 4.69) is 20.4 Å². The number of hydrogen-bond acceptors (Lipinski definition) is 6. The van der Waals surface area contributed by atoms with Gasteiger partial charge >= 0.3 is 0 Å². The van der Waals surface area contributed by atoms with Gasteiger partial charge in [0.2, 0.25) is 5.91 Å². The average molecular weight is 387 g/mol. The molecule has 9 heteroatoms. The van der Waals surface area contributed by atoms with Crippen molar-refractivity contribution in [3.8, 4) is 5.69 Å². The van der Waals surface area contributed by atoms with Crippen LogP contribution in [0.5, 0.6) is 0 Å². The molecule has 0 aliphatic carbocycles. The van der Waals surface area contributed by atoms with Crippen LogP contribution in [0.4, 0.5) is 4.39 Å². The summed E-state index contributed by atoms with van der Waals surface area (Å²) in [6.07, 6.45) is 5.26. The number of hydrogen-bond donors (Lipinski definition) is 1. The fraction of sp³-hybridized carbons (Fsp3) is 0.333. The van der Waals surface area contributed by atoms with Crippen molar-refractivity contribution in [2.24, 2.45) is 0 Å². The summed E-state index contributed by atoms with van der Waals surface area (Å²) in [5, 5.41) is 8.66. The van der Waals surface area contributed by atoms with E-state index in [9.17, 15) is 9.18 Å². The molecule has 1 fully saturated rings. The summed E-state index contributed by atoms with van der Waals surface area (Å²) < 4.78 is 20.3. The van der Waals surface area contributed by atoms with Crippen molar-refractivity contribution < 1.29 is 13.9 Å². The van der Waals surface area contributed by atoms with Gasteiger partial charge in [0, 0.05) is 13.2 Å². The fourth-order valence-corrected chi connectivity index (χ4v) is 3.72. The lowest BCUT2D eigenvalue weighted by molar-refractivity contribution is -0.119. The lowest BCUT2D eigenvalue weighted by atomic mass is 10.2. The molecule has 1 saturated heterocycles. The molecule has 1 aromatic carbocycles. The van der Waals surface area contributed by atoms with Crippen LogP contribution >= 0.6 is 11.8 Å². The predicted molar refractivity (Wildman–Crippen MR) is 99.3 cm³/mol. The summed E-state index contributed by atoms with van der Waals surface area (Å²) in [6.45, 7) is 1.31. The van der Waals surface area contributed by atoms with E-state index in [1.165, 1.54) is 30.2 Å². The first-order valence-corrected chi connectivity index (χ1v) is 9.65. The Morgan fingerprint density at radius 2 is 2.19 bits per heavy atom. The topological polar surface area (TPSA) is 81.9 Å². The molecular formula is C18H18FN5O2S. The summed E-state index contributed by atoms with van der Waals surface area (Å²) in [5.41, 5.74) is 1.31. The van der Waals surface area contributed by atoms with Gasteiger partial charge in [0.05, 0.1) is 29.1 Å². The van der Waals surface area contributed by atoms with Crippen LogP contribution in [0.15, 0.2) is 41.8 Å². The molecule has 0 saturated carbocycles. The number of aromatic nitrogens is 4. The molecule has 27 heavy (non-hydrogen) atoms. The first-order valence-electron chi connectivity index (χ1n) is 8.66. The Hall–Kier alpha value is -2.52. The van der Waals surface area contributed by atoms with E-state index < -0.39 is 0 Å². The zero-order chi connectivity index (χ0) is 18.6. The third-order valence-electron chi connectivity index (χ3n) is 4.29. The number of nitrogens with zero attached hydrogens (tertiary/aromatic N) is 4. The van der Waals surface area contributed by atoms with Crippen LogP contribution in [-0.2, 0) is 9.53 Å². The summed E-state index contributed by atoms with van der Waals surface area (Å²) in [6, 6.07) is 6.01. The van der Waals surface area contributed by atoms with Gasteiger partial charge in [-0.3, -0.25) is 4.79 Å². The van der Waals surface area contributed by atoms with E-state index in [1.54, 1.807) is 23.0 Å². The van der Waals surface area contributed by atoms with E-state index in [0.29, 0.717) is 22.9 Å². The Morgan fingerprint density at radius 3 is 2.96 bits per heavy atom. The minimum Gasteiger partial charge on any atom is -0.376 e. The normalized spacial score (nSPS) is 16.7. The third kappa shape index (κ3) is 4.09. The Labute approximate surface area is 159 Å². The van der Waals surface area contributed by atoms with Gasteiger partial charge in [-0.1, -0.05) is 11.8 Å². The van der Waals surface area contributed by atoms with Gasteiger partial charge in [0.25, 0.3) is 0 Å². The van der Waals surface area contributed by atoms with Crippen molar-refractivity contribution in [3.05, 3.63) is 42.6 Å². The van der Waals surface area contributed by atoms with E-state index in [-0.39, 0.29) is 23.6 Å². The molecule has 1 aliphatic rings. The molecule has 0 spiro atoms. The van der Waals surface area contributed by atoms with Crippen LogP contribution in [0, 0.1) is 5.82 Å². The molecule has 1 N–H and O–H groups in total. The minimum atomic E-state index is -0.310. The number of halogens is 1. The second kappa shape index (κ2) is 8.01. The number of fused-ring (bicyclic) bond motifs is 1. The van der Waals surface area contributed by atoms with Gasteiger partial charge in [0.15, 0.2) is 5.65 Å². The second-order valence-electron chi connectivity index (χ2n) is 6.18. The molecule has 1 aliphatic heterocycles. The quantitative estimate of drug-likeness (QED) is 0.516. The van der Waals surface area contributed by atoms with Gasteiger partial charge in [-0.15, -0.1) is 0 Å². The number of carbonyl (C=O) groups is 1. The zero-order valence-corrected chi connectivity index (χ0v) is 15.3. The number of carbonyl (C=O) groups excluding carboxylic acids is 1. The maximum Gasteiger partial charge on any atom is 0.230 e. The number of thioether (sulfide) groups is 1. The van der Waals surface area contributed by atoms with Gasteiger partial charge in [0.1, 0.15) is 17.2 Å². The second-order valence-corrected chi connectivity index (χ2v) is 7.14. The molecular weight excluding hydrogens is 369 g/mol. The van der Waals surface area contributed by atoms with Crippen LogP contribution in [0.3, 0.4) is 0 Å². The maximum absolute atomic E-state index is 13.1. The van der Waals surface area contributed by atoms with Gasteiger partial charge in [-0.2, -0.15) is 5.10 Å². The molecule has 140 valence electrons. The highest BCUT2D eigenvalue weighted by molar-refractivity contribution is 8.00. The number of ether oxygens (including phenoxy) is 1. The Kier molecular flexibility index (Phi) is 5.30. The highest BCUT2D eigenvalue weighted by Crippen LogP contribution is 2.25. The van der Waals surface area contributed by atoms with Crippen LogP contribution in [-0.4, -0.2) is 50.7 Å². The van der Waals surface area contributed by atoms with Gasteiger partial charge in [-0.05, 0) is 37.1 Å². The molecule has 3 aromatic rings.